The summed E-state index contributed by atoms with van der Waals surface area (Å²) >= 11 is 0. The minimum atomic E-state index is -3.34. The quantitative estimate of drug-likeness (QED) is 0.853. The summed E-state index contributed by atoms with van der Waals surface area (Å²) < 4.78 is 32.1. The van der Waals surface area contributed by atoms with Crippen LogP contribution in [-0.4, -0.2) is 32.4 Å². The number of hydrogen-bond acceptors (Lipinski definition) is 3. The van der Waals surface area contributed by atoms with Crippen LogP contribution >= 0.6 is 0 Å². The lowest BCUT2D eigenvalue weighted by Gasteiger charge is -2.44. The summed E-state index contributed by atoms with van der Waals surface area (Å²) in [6.07, 6.45) is 4.39. The highest BCUT2D eigenvalue weighted by molar-refractivity contribution is 7.89. The molecule has 1 aromatic carbocycles. The number of ether oxygens (including phenoxy) is 1. The van der Waals surface area contributed by atoms with Gasteiger partial charge in [0.2, 0.25) is 10.0 Å². The molecule has 0 unspecified atom stereocenters. The third-order valence-electron chi connectivity index (χ3n) is 4.33. The smallest absolute Gasteiger partial charge is 0.243 e. The molecule has 4 nitrogen and oxygen atoms in total. The van der Waals surface area contributed by atoms with Crippen molar-refractivity contribution in [2.24, 2.45) is 5.92 Å². The van der Waals surface area contributed by atoms with E-state index in [0.717, 1.165) is 12.8 Å². The van der Waals surface area contributed by atoms with Crippen LogP contribution in [0.5, 0.6) is 5.75 Å². The fourth-order valence-electron chi connectivity index (χ4n) is 3.20. The van der Waals surface area contributed by atoms with Gasteiger partial charge < -0.3 is 4.74 Å². The average Bonchev–Trinajstić information content (AvgIpc) is 2.48. The van der Waals surface area contributed by atoms with Gasteiger partial charge in [-0.15, -0.1) is 0 Å². The average molecular weight is 281 g/mol. The summed E-state index contributed by atoms with van der Waals surface area (Å²) in [5.74, 6) is 1.23. The van der Waals surface area contributed by atoms with Crippen molar-refractivity contribution in [3.63, 3.8) is 0 Å². The van der Waals surface area contributed by atoms with Crippen molar-refractivity contribution >= 4 is 10.0 Å². The molecule has 1 aliphatic carbocycles. The van der Waals surface area contributed by atoms with Crippen LogP contribution in [0.25, 0.3) is 0 Å². The molecule has 2 saturated heterocycles. The molecule has 0 atom stereocenters. The summed E-state index contributed by atoms with van der Waals surface area (Å²) in [6.45, 7) is 0.693. The highest BCUT2D eigenvalue weighted by atomic mass is 32.2. The molecule has 3 fully saturated rings. The Kier molecular flexibility index (Phi) is 3.27. The number of sulfonamides is 1. The number of benzene rings is 1. The fourth-order valence-corrected chi connectivity index (χ4v) is 4.96. The van der Waals surface area contributed by atoms with Crippen LogP contribution in [0.15, 0.2) is 29.2 Å². The molecule has 19 heavy (non-hydrogen) atoms. The van der Waals surface area contributed by atoms with Crippen LogP contribution in [0.3, 0.4) is 0 Å². The molecule has 1 aromatic rings. The van der Waals surface area contributed by atoms with Crippen LogP contribution < -0.4 is 4.74 Å². The predicted octanol–water partition coefficient (Wildman–Crippen LogP) is 2.26. The van der Waals surface area contributed by atoms with Crippen molar-refractivity contribution in [3.8, 4) is 5.75 Å². The first-order chi connectivity index (χ1) is 9.11. The van der Waals surface area contributed by atoms with Gasteiger partial charge in [0.25, 0.3) is 0 Å². The Morgan fingerprint density at radius 2 is 1.74 bits per heavy atom. The van der Waals surface area contributed by atoms with Gasteiger partial charge in [-0.05, 0) is 55.9 Å². The summed E-state index contributed by atoms with van der Waals surface area (Å²) in [4.78, 5) is 0.376. The van der Waals surface area contributed by atoms with Crippen LogP contribution in [0.2, 0.25) is 0 Å². The summed E-state index contributed by atoms with van der Waals surface area (Å²) in [5.41, 5.74) is 0. The summed E-state index contributed by atoms with van der Waals surface area (Å²) in [6, 6.07) is 6.88. The molecule has 4 rings (SSSR count). The van der Waals surface area contributed by atoms with E-state index in [9.17, 15) is 8.42 Å². The molecular weight excluding hydrogens is 262 g/mol. The number of rotatable bonds is 3. The van der Waals surface area contributed by atoms with Gasteiger partial charge in [0.05, 0.1) is 12.0 Å². The molecule has 5 heteroatoms. The maximum Gasteiger partial charge on any atom is 0.243 e. The minimum absolute atomic E-state index is 0.206. The van der Waals surface area contributed by atoms with Gasteiger partial charge in [0.15, 0.2) is 0 Å². The normalized spacial score (nSPS) is 27.4. The topological polar surface area (TPSA) is 46.6 Å². The van der Waals surface area contributed by atoms with Crippen molar-refractivity contribution in [1.82, 2.24) is 4.31 Å². The molecule has 0 radical (unpaired) electrons. The van der Waals surface area contributed by atoms with Gasteiger partial charge in [-0.2, -0.15) is 4.31 Å². The lowest BCUT2D eigenvalue weighted by molar-refractivity contribution is 0.120. The van der Waals surface area contributed by atoms with Crippen LogP contribution in [-0.2, 0) is 10.0 Å². The minimum Gasteiger partial charge on any atom is -0.497 e. The van der Waals surface area contributed by atoms with E-state index in [1.54, 1.807) is 35.7 Å². The summed E-state index contributed by atoms with van der Waals surface area (Å²) in [7, 11) is -1.76. The highest BCUT2D eigenvalue weighted by Crippen LogP contribution is 2.38. The van der Waals surface area contributed by atoms with Crippen molar-refractivity contribution in [3.05, 3.63) is 24.3 Å². The van der Waals surface area contributed by atoms with Crippen LogP contribution in [0.4, 0.5) is 0 Å². The third-order valence-corrected chi connectivity index (χ3v) is 6.26. The maximum absolute atomic E-state index is 12.7. The number of hydrogen-bond donors (Lipinski definition) is 0. The van der Waals surface area contributed by atoms with Crippen molar-refractivity contribution < 1.29 is 13.2 Å². The zero-order chi connectivity index (χ0) is 13.5. The van der Waals surface area contributed by atoms with Crippen molar-refractivity contribution in [1.29, 1.82) is 0 Å². The van der Waals surface area contributed by atoms with E-state index in [1.807, 2.05) is 0 Å². The van der Waals surface area contributed by atoms with Gasteiger partial charge >= 0.3 is 0 Å². The fraction of sp³-hybridized carbons (Fsp3) is 0.571. The molecule has 0 spiro atoms. The van der Waals surface area contributed by atoms with Gasteiger partial charge in [-0.3, -0.25) is 0 Å². The Hall–Kier alpha value is -1.07. The number of methoxy groups -OCH3 is 1. The van der Waals surface area contributed by atoms with E-state index < -0.39 is 10.0 Å². The highest BCUT2D eigenvalue weighted by Gasteiger charge is 2.40. The van der Waals surface area contributed by atoms with Crippen molar-refractivity contribution in [2.45, 2.75) is 36.6 Å². The number of nitrogens with zero attached hydrogens (tertiary/aromatic N) is 1. The van der Waals surface area contributed by atoms with E-state index in [1.165, 1.54) is 12.8 Å². The lowest BCUT2D eigenvalue weighted by atomic mass is 9.82. The maximum atomic E-state index is 12.7. The Balaban J connectivity index is 1.89. The number of piperidine rings is 2. The zero-order valence-electron chi connectivity index (χ0n) is 11.1. The summed E-state index contributed by atoms with van der Waals surface area (Å²) in [5, 5.41) is 0. The lowest BCUT2D eigenvalue weighted by Crippen LogP contribution is -2.50. The Bertz CT molecular complexity index is 545. The molecule has 0 N–H and O–H groups in total. The molecule has 104 valence electrons. The van der Waals surface area contributed by atoms with Crippen molar-refractivity contribution in [2.75, 3.05) is 13.7 Å². The Morgan fingerprint density at radius 3 is 2.21 bits per heavy atom. The van der Waals surface area contributed by atoms with Crippen LogP contribution in [0.1, 0.15) is 25.7 Å². The standard InChI is InChI=1S/C14H19NO3S/c1-18-13-6-8-14(9-7-13)19(16,17)15-10-11-2-4-12(15)5-3-11/h6-9,11-12H,2-5,10H2,1H3. The monoisotopic (exact) mass is 281 g/mol. The predicted molar refractivity (Wildman–Crippen MR) is 72.6 cm³/mol. The van der Waals surface area contributed by atoms with E-state index in [-0.39, 0.29) is 6.04 Å². The molecule has 0 aromatic heterocycles. The molecule has 3 aliphatic rings. The van der Waals surface area contributed by atoms with E-state index in [0.29, 0.717) is 23.1 Å². The molecular formula is C14H19NO3S. The first-order valence-corrected chi connectivity index (χ1v) is 8.21. The van der Waals surface area contributed by atoms with Gasteiger partial charge in [0, 0.05) is 12.6 Å². The third kappa shape index (κ3) is 2.25. The molecule has 1 saturated carbocycles. The zero-order valence-corrected chi connectivity index (χ0v) is 11.9. The first-order valence-electron chi connectivity index (χ1n) is 6.77. The SMILES string of the molecule is COc1ccc(S(=O)(=O)N2CC3CCC2CC3)cc1. The second kappa shape index (κ2) is 4.80. The van der Waals surface area contributed by atoms with Crippen LogP contribution in [0, 0.1) is 5.92 Å². The molecule has 0 amide bonds. The van der Waals surface area contributed by atoms with E-state index in [4.69, 9.17) is 4.74 Å². The first kappa shape index (κ1) is 12.9. The van der Waals surface area contributed by atoms with E-state index in [2.05, 4.69) is 0 Å². The van der Waals surface area contributed by atoms with E-state index >= 15 is 0 Å². The molecule has 2 bridgehead atoms. The van der Waals surface area contributed by atoms with Gasteiger partial charge in [0.1, 0.15) is 5.75 Å². The number of fused-ring (bicyclic) bond motifs is 3. The second-order valence-electron chi connectivity index (χ2n) is 5.42. The second-order valence-corrected chi connectivity index (χ2v) is 7.32. The molecule has 2 heterocycles. The Morgan fingerprint density at radius 1 is 1.11 bits per heavy atom. The Labute approximate surface area is 114 Å². The molecule has 2 aliphatic heterocycles. The van der Waals surface area contributed by atoms with Gasteiger partial charge in [-0.25, -0.2) is 8.42 Å². The largest absolute Gasteiger partial charge is 0.497 e. The van der Waals surface area contributed by atoms with Gasteiger partial charge in [-0.1, -0.05) is 0 Å².